The zero-order chi connectivity index (χ0) is 22.8. The number of piperidine rings is 1. The van der Waals surface area contributed by atoms with E-state index in [1.165, 1.54) is 18.4 Å². The number of carbonyl (C=O) groups excluding carboxylic acids is 3. The van der Waals surface area contributed by atoms with Crippen molar-refractivity contribution < 1.29 is 14.4 Å². The Morgan fingerprint density at radius 1 is 0.969 bits per heavy atom. The molecule has 2 amide bonds. The summed E-state index contributed by atoms with van der Waals surface area (Å²) in [5.41, 5.74) is 2.45. The van der Waals surface area contributed by atoms with Crippen molar-refractivity contribution in [1.82, 2.24) is 14.5 Å². The summed E-state index contributed by atoms with van der Waals surface area (Å²) in [7, 11) is 1.64. The molecule has 0 saturated carbocycles. The summed E-state index contributed by atoms with van der Waals surface area (Å²) in [5.74, 6) is 0.333. The summed E-state index contributed by atoms with van der Waals surface area (Å²) in [5, 5.41) is 0. The van der Waals surface area contributed by atoms with Crippen LogP contribution in [-0.4, -0.2) is 65.4 Å². The Kier molecular flexibility index (Phi) is 6.07. The number of anilines is 3. The molecule has 32 heavy (non-hydrogen) atoms. The highest BCUT2D eigenvalue weighted by atomic mass is 16.2. The van der Waals surface area contributed by atoms with Gasteiger partial charge in [0.05, 0.1) is 11.3 Å². The molecule has 0 unspecified atom stereocenters. The number of aromatic nitrogens is 2. The van der Waals surface area contributed by atoms with E-state index in [-0.39, 0.29) is 17.7 Å². The Labute approximate surface area is 187 Å². The first-order chi connectivity index (χ1) is 15.4. The Morgan fingerprint density at radius 2 is 1.72 bits per heavy atom. The number of nitrogens with zero attached hydrogens (tertiary/aromatic N) is 6. The average Bonchev–Trinajstić information content (AvgIpc) is 2.82. The number of fused-ring (bicyclic) bond motifs is 1. The van der Waals surface area contributed by atoms with Crippen molar-refractivity contribution >= 4 is 34.9 Å². The molecule has 9 heteroatoms. The molecule has 2 aromatic heterocycles. The molecule has 1 fully saturated rings. The Hall–Kier alpha value is -3.49. The van der Waals surface area contributed by atoms with E-state index in [1.54, 1.807) is 30.4 Å². The third-order valence-corrected chi connectivity index (χ3v) is 6.01. The van der Waals surface area contributed by atoms with Gasteiger partial charge in [0.15, 0.2) is 5.82 Å². The number of likely N-dealkylation sites (tertiary alicyclic amines) is 1. The fraction of sp³-hybridized carbons (Fsp3) is 0.435. The SMILES string of the molecule is C/N=c1/cc(N2CCN(C(C)=O)c3cc(C(=O)N4CCCCC4)cnc32)ccn1C(C)=O. The van der Waals surface area contributed by atoms with Crippen molar-refractivity contribution in [2.24, 2.45) is 4.99 Å². The van der Waals surface area contributed by atoms with Crippen LogP contribution in [-0.2, 0) is 4.79 Å². The fourth-order valence-corrected chi connectivity index (χ4v) is 4.34. The fourth-order valence-electron chi connectivity index (χ4n) is 4.34. The van der Waals surface area contributed by atoms with Crippen molar-refractivity contribution in [3.05, 3.63) is 41.6 Å². The number of hydrogen-bond acceptors (Lipinski definition) is 6. The van der Waals surface area contributed by atoms with Gasteiger partial charge in [-0.05, 0) is 31.4 Å². The van der Waals surface area contributed by atoms with E-state index >= 15 is 0 Å². The van der Waals surface area contributed by atoms with Gasteiger partial charge in [0, 0.05) is 71.2 Å². The Morgan fingerprint density at radius 3 is 2.38 bits per heavy atom. The molecule has 0 bridgehead atoms. The van der Waals surface area contributed by atoms with Crippen LogP contribution in [0.3, 0.4) is 0 Å². The van der Waals surface area contributed by atoms with Crippen LogP contribution in [0.5, 0.6) is 0 Å². The van der Waals surface area contributed by atoms with Gasteiger partial charge in [-0.1, -0.05) is 0 Å². The van der Waals surface area contributed by atoms with Crippen LogP contribution in [0.2, 0.25) is 0 Å². The zero-order valence-corrected chi connectivity index (χ0v) is 18.7. The molecule has 4 rings (SSSR count). The second-order valence-electron chi connectivity index (χ2n) is 8.10. The lowest BCUT2D eigenvalue weighted by Crippen LogP contribution is -2.43. The second-order valence-corrected chi connectivity index (χ2v) is 8.10. The van der Waals surface area contributed by atoms with Crippen molar-refractivity contribution in [2.45, 2.75) is 33.1 Å². The summed E-state index contributed by atoms with van der Waals surface area (Å²) in [6.45, 7) is 5.50. The van der Waals surface area contributed by atoms with Gasteiger partial charge in [-0.15, -0.1) is 0 Å². The quantitative estimate of drug-likeness (QED) is 0.720. The topological polar surface area (TPSA) is 91.1 Å². The van der Waals surface area contributed by atoms with Crippen molar-refractivity contribution in [3.8, 4) is 0 Å². The zero-order valence-electron chi connectivity index (χ0n) is 18.7. The van der Waals surface area contributed by atoms with Crippen LogP contribution in [0.4, 0.5) is 17.2 Å². The highest BCUT2D eigenvalue weighted by Crippen LogP contribution is 2.36. The van der Waals surface area contributed by atoms with Gasteiger partial charge in [-0.3, -0.25) is 23.9 Å². The minimum absolute atomic E-state index is 0.0464. The highest BCUT2D eigenvalue weighted by molar-refractivity contribution is 6.00. The first kappa shape index (κ1) is 21.7. The maximum Gasteiger partial charge on any atom is 0.255 e. The number of pyridine rings is 2. The second kappa shape index (κ2) is 8.94. The van der Waals surface area contributed by atoms with E-state index in [0.29, 0.717) is 35.6 Å². The predicted molar refractivity (Wildman–Crippen MR) is 121 cm³/mol. The van der Waals surface area contributed by atoms with Crippen LogP contribution in [0.15, 0.2) is 35.6 Å². The van der Waals surface area contributed by atoms with E-state index in [1.807, 2.05) is 21.9 Å². The molecule has 1 saturated heterocycles. The monoisotopic (exact) mass is 436 g/mol. The van der Waals surface area contributed by atoms with Crippen LogP contribution in [0, 0.1) is 0 Å². The van der Waals surface area contributed by atoms with Crippen molar-refractivity contribution in [2.75, 3.05) is 43.0 Å². The number of rotatable bonds is 2. The van der Waals surface area contributed by atoms with Crippen molar-refractivity contribution in [3.63, 3.8) is 0 Å². The molecular weight excluding hydrogens is 408 g/mol. The molecule has 0 N–H and O–H groups in total. The number of hydrogen-bond donors (Lipinski definition) is 0. The maximum absolute atomic E-state index is 13.0. The lowest BCUT2D eigenvalue weighted by atomic mass is 10.1. The highest BCUT2D eigenvalue weighted by Gasteiger charge is 2.29. The third-order valence-electron chi connectivity index (χ3n) is 6.01. The van der Waals surface area contributed by atoms with Crippen LogP contribution >= 0.6 is 0 Å². The Balaban J connectivity index is 1.75. The molecule has 0 radical (unpaired) electrons. The molecular formula is C23H28N6O3. The molecule has 2 aliphatic rings. The average molecular weight is 437 g/mol. The van der Waals surface area contributed by atoms with Crippen LogP contribution in [0.1, 0.15) is 48.3 Å². The number of amides is 2. The lowest BCUT2D eigenvalue weighted by Gasteiger charge is -2.36. The van der Waals surface area contributed by atoms with E-state index in [2.05, 4.69) is 9.98 Å². The molecule has 2 aromatic rings. The van der Waals surface area contributed by atoms with Gasteiger partial charge in [0.25, 0.3) is 5.91 Å². The van der Waals surface area contributed by atoms with E-state index < -0.39 is 0 Å². The summed E-state index contributed by atoms with van der Waals surface area (Å²) in [6.07, 6.45) is 6.45. The van der Waals surface area contributed by atoms with Crippen LogP contribution in [0.25, 0.3) is 0 Å². The summed E-state index contributed by atoms with van der Waals surface area (Å²) >= 11 is 0. The Bertz CT molecular complexity index is 1130. The largest absolute Gasteiger partial charge is 0.339 e. The molecule has 0 aliphatic carbocycles. The summed E-state index contributed by atoms with van der Waals surface area (Å²) in [4.78, 5) is 51.6. The number of carbonyl (C=O) groups is 3. The standard InChI is InChI=1S/C23H28N6O3/c1-16(30)27-11-12-29(19-7-10-28(17(2)31)21(14-19)24-3)22-20(27)13-18(15-25-22)23(32)26-8-5-4-6-9-26/h7,10,13-15H,4-6,8-9,11-12H2,1-3H3/b24-21-. The van der Waals surface area contributed by atoms with Gasteiger partial charge in [-0.25, -0.2) is 4.98 Å². The maximum atomic E-state index is 13.0. The normalized spacial score (nSPS) is 16.7. The van der Waals surface area contributed by atoms with Gasteiger partial charge in [0.2, 0.25) is 11.8 Å². The first-order valence-electron chi connectivity index (χ1n) is 10.9. The van der Waals surface area contributed by atoms with Gasteiger partial charge >= 0.3 is 0 Å². The van der Waals surface area contributed by atoms with Crippen molar-refractivity contribution in [1.29, 1.82) is 0 Å². The lowest BCUT2D eigenvalue weighted by molar-refractivity contribution is -0.116. The summed E-state index contributed by atoms with van der Waals surface area (Å²) in [6, 6.07) is 5.43. The summed E-state index contributed by atoms with van der Waals surface area (Å²) < 4.78 is 1.48. The predicted octanol–water partition coefficient (Wildman–Crippen LogP) is 2.20. The molecule has 0 spiro atoms. The van der Waals surface area contributed by atoms with E-state index in [9.17, 15) is 14.4 Å². The van der Waals surface area contributed by atoms with E-state index in [0.717, 1.165) is 38.0 Å². The smallest absolute Gasteiger partial charge is 0.255 e. The molecule has 168 valence electrons. The van der Waals surface area contributed by atoms with Gasteiger partial charge in [0.1, 0.15) is 5.49 Å². The first-order valence-corrected chi connectivity index (χ1v) is 10.9. The molecule has 9 nitrogen and oxygen atoms in total. The van der Waals surface area contributed by atoms with E-state index in [4.69, 9.17) is 0 Å². The van der Waals surface area contributed by atoms with Crippen LogP contribution < -0.4 is 15.3 Å². The van der Waals surface area contributed by atoms with Gasteiger partial charge < -0.3 is 14.7 Å². The molecule has 2 aliphatic heterocycles. The molecule has 0 atom stereocenters. The molecule has 4 heterocycles. The molecule has 0 aromatic carbocycles. The minimum atomic E-state index is -0.127. The minimum Gasteiger partial charge on any atom is -0.339 e. The van der Waals surface area contributed by atoms with Gasteiger partial charge in [-0.2, -0.15) is 0 Å². The third kappa shape index (κ3) is 4.02.